The summed E-state index contributed by atoms with van der Waals surface area (Å²) in [5, 5.41) is 3.28. The summed E-state index contributed by atoms with van der Waals surface area (Å²) in [6.45, 7) is 7.98. The maximum atomic E-state index is 11.5. The van der Waals surface area contributed by atoms with Crippen molar-refractivity contribution in [3.8, 4) is 0 Å². The first kappa shape index (κ1) is 11.5. The molecule has 0 bridgehead atoms. The summed E-state index contributed by atoms with van der Waals surface area (Å²) < 4.78 is 5.02. The number of nitrogens with zero attached hydrogens (tertiary/aromatic N) is 1. The van der Waals surface area contributed by atoms with Crippen molar-refractivity contribution in [2.75, 3.05) is 32.8 Å². The predicted molar refractivity (Wildman–Crippen MR) is 55.2 cm³/mol. The molecule has 0 aromatic carbocycles. The fraction of sp³-hybridized carbons (Fsp3) is 0.900. The monoisotopic (exact) mass is 200 g/mol. The summed E-state index contributed by atoms with van der Waals surface area (Å²) >= 11 is 0. The van der Waals surface area contributed by atoms with Crippen LogP contribution in [0.4, 0.5) is 0 Å². The lowest BCUT2D eigenvalue weighted by Gasteiger charge is -2.27. The molecule has 0 aliphatic carbocycles. The second-order valence-electron chi connectivity index (χ2n) is 3.50. The van der Waals surface area contributed by atoms with Crippen molar-refractivity contribution in [3.05, 3.63) is 0 Å². The van der Waals surface area contributed by atoms with Gasteiger partial charge >= 0.3 is 0 Å². The third kappa shape index (κ3) is 3.27. The molecular formula is C10H20N2O2. The molecule has 0 radical (unpaired) electrons. The molecule has 14 heavy (non-hydrogen) atoms. The Morgan fingerprint density at radius 1 is 1.43 bits per heavy atom. The highest BCUT2D eigenvalue weighted by Crippen LogP contribution is 1.99. The molecule has 0 aromatic rings. The van der Waals surface area contributed by atoms with Crippen LogP contribution >= 0.6 is 0 Å². The van der Waals surface area contributed by atoms with Crippen LogP contribution in [0.1, 0.15) is 20.3 Å². The highest BCUT2D eigenvalue weighted by Gasteiger charge is 2.17. The Morgan fingerprint density at radius 3 is 2.50 bits per heavy atom. The normalized spacial score (nSPS) is 16.4. The van der Waals surface area contributed by atoms with Crippen LogP contribution in [0.25, 0.3) is 0 Å². The Morgan fingerprint density at radius 2 is 2.07 bits per heavy atom. The number of carbonyl (C=O) groups excluding carboxylic acids is 1. The van der Waals surface area contributed by atoms with Crippen LogP contribution in [0.3, 0.4) is 0 Å². The van der Waals surface area contributed by atoms with Gasteiger partial charge in [0.2, 0.25) is 5.91 Å². The number of ether oxygens (including phenoxy) is 1. The van der Waals surface area contributed by atoms with Crippen molar-refractivity contribution in [2.45, 2.75) is 26.3 Å². The maximum Gasteiger partial charge on any atom is 0.223 e. The Bertz CT molecular complexity index is 177. The standard InChI is InChI=1S/C10H20N2O2/c1-3-12(4-2)10(13)5-6-11-9-7-14-8-9/h9,11H,3-8H2,1-2H3. The van der Waals surface area contributed by atoms with Crippen molar-refractivity contribution in [3.63, 3.8) is 0 Å². The summed E-state index contributed by atoms with van der Waals surface area (Å²) in [5.41, 5.74) is 0. The molecule has 0 unspecified atom stereocenters. The van der Waals surface area contributed by atoms with Crippen LogP contribution in [0.15, 0.2) is 0 Å². The topological polar surface area (TPSA) is 41.6 Å². The third-order valence-electron chi connectivity index (χ3n) is 2.53. The van der Waals surface area contributed by atoms with Gasteiger partial charge in [0.05, 0.1) is 19.3 Å². The average Bonchev–Trinajstić information content (AvgIpc) is 2.11. The van der Waals surface area contributed by atoms with Crippen LogP contribution in [0, 0.1) is 0 Å². The van der Waals surface area contributed by atoms with Gasteiger partial charge in [-0.25, -0.2) is 0 Å². The number of carbonyl (C=O) groups is 1. The molecule has 1 heterocycles. The first-order chi connectivity index (χ1) is 6.77. The second-order valence-corrected chi connectivity index (χ2v) is 3.50. The van der Waals surface area contributed by atoms with E-state index in [2.05, 4.69) is 5.32 Å². The molecular weight excluding hydrogens is 180 g/mol. The van der Waals surface area contributed by atoms with Crippen molar-refractivity contribution in [1.82, 2.24) is 10.2 Å². The van der Waals surface area contributed by atoms with Crippen LogP contribution in [-0.2, 0) is 9.53 Å². The van der Waals surface area contributed by atoms with E-state index < -0.39 is 0 Å². The molecule has 1 saturated heterocycles. The van der Waals surface area contributed by atoms with E-state index in [1.165, 1.54) is 0 Å². The first-order valence-corrected chi connectivity index (χ1v) is 5.36. The smallest absolute Gasteiger partial charge is 0.223 e. The Labute approximate surface area is 85.6 Å². The van der Waals surface area contributed by atoms with Crippen LogP contribution in [0.5, 0.6) is 0 Å². The van der Waals surface area contributed by atoms with Gasteiger partial charge in [0.25, 0.3) is 0 Å². The summed E-state index contributed by atoms with van der Waals surface area (Å²) in [4.78, 5) is 13.4. The Balaban J connectivity index is 2.06. The zero-order chi connectivity index (χ0) is 10.4. The minimum Gasteiger partial charge on any atom is -0.378 e. The lowest BCUT2D eigenvalue weighted by molar-refractivity contribution is -0.130. The molecule has 0 saturated carbocycles. The summed E-state index contributed by atoms with van der Waals surface area (Å²) in [5.74, 6) is 0.239. The van der Waals surface area contributed by atoms with Gasteiger partial charge in [0.1, 0.15) is 0 Å². The zero-order valence-corrected chi connectivity index (χ0v) is 9.08. The molecule has 1 aliphatic heterocycles. The maximum absolute atomic E-state index is 11.5. The average molecular weight is 200 g/mol. The van der Waals surface area contributed by atoms with Crippen LogP contribution < -0.4 is 5.32 Å². The molecule has 1 amide bonds. The summed E-state index contributed by atoms with van der Waals surface area (Å²) in [6.07, 6.45) is 0.595. The van der Waals surface area contributed by atoms with Crippen molar-refractivity contribution in [2.24, 2.45) is 0 Å². The van der Waals surface area contributed by atoms with Gasteiger partial charge in [-0.3, -0.25) is 4.79 Å². The highest BCUT2D eigenvalue weighted by atomic mass is 16.5. The number of nitrogens with one attached hydrogen (secondary N) is 1. The first-order valence-electron chi connectivity index (χ1n) is 5.36. The van der Waals surface area contributed by atoms with Crippen LogP contribution in [0.2, 0.25) is 0 Å². The van der Waals surface area contributed by atoms with Crippen molar-refractivity contribution < 1.29 is 9.53 Å². The van der Waals surface area contributed by atoms with Crippen molar-refractivity contribution >= 4 is 5.91 Å². The molecule has 1 rings (SSSR count). The summed E-state index contributed by atoms with van der Waals surface area (Å²) in [7, 11) is 0. The van der Waals surface area contributed by atoms with Gasteiger partial charge < -0.3 is 15.0 Å². The van der Waals surface area contributed by atoms with Gasteiger partial charge in [0.15, 0.2) is 0 Å². The Hall–Kier alpha value is -0.610. The zero-order valence-electron chi connectivity index (χ0n) is 9.08. The van der Waals surface area contributed by atoms with Gasteiger partial charge in [-0.2, -0.15) is 0 Å². The van der Waals surface area contributed by atoms with Gasteiger partial charge in [-0.15, -0.1) is 0 Å². The number of rotatable bonds is 6. The minimum absolute atomic E-state index is 0.239. The molecule has 4 heteroatoms. The molecule has 1 fully saturated rings. The molecule has 4 nitrogen and oxygen atoms in total. The van der Waals surface area contributed by atoms with E-state index in [9.17, 15) is 4.79 Å². The van der Waals surface area contributed by atoms with E-state index in [0.717, 1.165) is 32.8 Å². The fourth-order valence-electron chi connectivity index (χ4n) is 1.47. The second kappa shape index (κ2) is 5.98. The van der Waals surface area contributed by atoms with Gasteiger partial charge in [-0.1, -0.05) is 0 Å². The fourth-order valence-corrected chi connectivity index (χ4v) is 1.47. The predicted octanol–water partition coefficient (Wildman–Crippen LogP) is 0.233. The van der Waals surface area contributed by atoms with E-state index in [-0.39, 0.29) is 5.91 Å². The molecule has 1 aliphatic rings. The molecule has 0 aromatic heterocycles. The number of hydrogen-bond acceptors (Lipinski definition) is 3. The summed E-state index contributed by atoms with van der Waals surface area (Å²) in [6, 6.07) is 0.472. The lowest BCUT2D eigenvalue weighted by Crippen LogP contribution is -2.47. The molecule has 0 spiro atoms. The minimum atomic E-state index is 0.239. The molecule has 1 N–H and O–H groups in total. The Kier molecular flexibility index (Phi) is 4.90. The van der Waals surface area contributed by atoms with E-state index in [4.69, 9.17) is 4.74 Å². The van der Waals surface area contributed by atoms with E-state index in [1.807, 2.05) is 18.7 Å². The molecule has 82 valence electrons. The largest absolute Gasteiger partial charge is 0.378 e. The van der Waals surface area contributed by atoms with Gasteiger partial charge in [0, 0.05) is 26.1 Å². The highest BCUT2D eigenvalue weighted by molar-refractivity contribution is 5.76. The van der Waals surface area contributed by atoms with Crippen LogP contribution in [-0.4, -0.2) is 49.7 Å². The quantitative estimate of drug-likeness (QED) is 0.667. The van der Waals surface area contributed by atoms with Crippen molar-refractivity contribution in [1.29, 1.82) is 0 Å². The number of hydrogen-bond donors (Lipinski definition) is 1. The van der Waals surface area contributed by atoms with E-state index >= 15 is 0 Å². The SMILES string of the molecule is CCN(CC)C(=O)CCNC1COC1. The van der Waals surface area contributed by atoms with E-state index in [1.54, 1.807) is 0 Å². The van der Waals surface area contributed by atoms with Gasteiger partial charge in [-0.05, 0) is 13.8 Å². The lowest BCUT2D eigenvalue weighted by atomic mass is 10.2. The van der Waals surface area contributed by atoms with E-state index in [0.29, 0.717) is 12.5 Å². The molecule has 0 atom stereocenters. The number of amides is 1. The third-order valence-corrected chi connectivity index (χ3v) is 2.53.